The van der Waals surface area contributed by atoms with Crippen molar-refractivity contribution in [2.75, 3.05) is 0 Å². The molecule has 0 bridgehead atoms. The zero-order valence-corrected chi connectivity index (χ0v) is 9.60. The van der Waals surface area contributed by atoms with Gasteiger partial charge in [-0.25, -0.2) is 4.98 Å². The third kappa shape index (κ3) is 1.48. The number of aromatic nitrogens is 3. The molecule has 5 nitrogen and oxygen atoms in total. The monoisotopic (exact) mass is 221 g/mol. The lowest BCUT2D eigenvalue weighted by molar-refractivity contribution is 0.434. The topological polar surface area (TPSA) is 71.2 Å². The Morgan fingerprint density at radius 3 is 2.75 bits per heavy atom. The van der Waals surface area contributed by atoms with Gasteiger partial charge in [0.1, 0.15) is 16.8 Å². The summed E-state index contributed by atoms with van der Waals surface area (Å²) in [6.45, 7) is 5.89. The van der Waals surface area contributed by atoms with E-state index in [-0.39, 0.29) is 17.7 Å². The van der Waals surface area contributed by atoms with E-state index in [1.54, 1.807) is 4.68 Å². The number of fused-ring (bicyclic) bond motifs is 1. The van der Waals surface area contributed by atoms with Crippen LogP contribution in [0, 0.1) is 6.92 Å². The van der Waals surface area contributed by atoms with Crippen LogP contribution in [0.25, 0.3) is 11.0 Å². The van der Waals surface area contributed by atoms with Crippen LogP contribution >= 0.6 is 0 Å². The fourth-order valence-electron chi connectivity index (χ4n) is 1.74. The number of pyridine rings is 1. The molecule has 5 heteroatoms. The van der Waals surface area contributed by atoms with Crippen LogP contribution in [0.2, 0.25) is 0 Å². The molecule has 0 saturated carbocycles. The van der Waals surface area contributed by atoms with Gasteiger partial charge in [-0.2, -0.15) is 5.10 Å². The molecule has 1 unspecified atom stereocenters. The van der Waals surface area contributed by atoms with Gasteiger partial charge in [-0.15, -0.1) is 0 Å². The van der Waals surface area contributed by atoms with E-state index in [0.29, 0.717) is 16.7 Å². The van der Waals surface area contributed by atoms with Gasteiger partial charge in [0.05, 0.1) is 5.69 Å². The fraction of sp³-hybridized carbons (Fsp3) is 0.455. The normalized spacial score (nSPS) is 13.2. The van der Waals surface area contributed by atoms with Crippen LogP contribution in [0.5, 0.6) is 11.6 Å². The highest BCUT2D eigenvalue weighted by molar-refractivity contribution is 5.84. The molecule has 2 rings (SSSR count). The predicted octanol–water partition coefficient (Wildman–Crippen LogP) is 2.12. The maximum Gasteiger partial charge on any atom is 0.215 e. The number of hydrogen-bond acceptors (Lipinski definition) is 4. The molecule has 0 fully saturated rings. The van der Waals surface area contributed by atoms with Gasteiger partial charge < -0.3 is 10.2 Å². The molecule has 1 atom stereocenters. The highest BCUT2D eigenvalue weighted by atomic mass is 16.3. The largest absolute Gasteiger partial charge is 0.505 e. The van der Waals surface area contributed by atoms with E-state index < -0.39 is 0 Å². The molecule has 0 spiro atoms. The second-order valence-corrected chi connectivity index (χ2v) is 3.98. The van der Waals surface area contributed by atoms with Gasteiger partial charge in [0.15, 0.2) is 0 Å². The van der Waals surface area contributed by atoms with E-state index in [0.717, 1.165) is 6.42 Å². The maximum atomic E-state index is 9.83. The number of nitrogens with zero attached hydrogens (tertiary/aromatic N) is 3. The lowest BCUT2D eigenvalue weighted by Crippen LogP contribution is -2.05. The lowest BCUT2D eigenvalue weighted by atomic mass is 10.2. The van der Waals surface area contributed by atoms with Gasteiger partial charge in [0.25, 0.3) is 0 Å². The Morgan fingerprint density at radius 2 is 2.12 bits per heavy atom. The van der Waals surface area contributed by atoms with Gasteiger partial charge in [0, 0.05) is 12.1 Å². The van der Waals surface area contributed by atoms with Crippen LogP contribution in [0.15, 0.2) is 6.07 Å². The molecule has 2 N–H and O–H groups in total. The first-order valence-corrected chi connectivity index (χ1v) is 5.32. The first-order chi connectivity index (χ1) is 7.54. The van der Waals surface area contributed by atoms with Crippen molar-refractivity contribution in [1.29, 1.82) is 0 Å². The van der Waals surface area contributed by atoms with Crippen LogP contribution in [0.4, 0.5) is 0 Å². The van der Waals surface area contributed by atoms with Crippen molar-refractivity contribution in [3.8, 4) is 11.6 Å². The maximum absolute atomic E-state index is 9.83. The van der Waals surface area contributed by atoms with E-state index in [1.807, 2.05) is 13.8 Å². The second-order valence-electron chi connectivity index (χ2n) is 3.98. The van der Waals surface area contributed by atoms with Crippen molar-refractivity contribution in [3.05, 3.63) is 11.8 Å². The fourth-order valence-corrected chi connectivity index (χ4v) is 1.74. The molecule has 86 valence electrons. The van der Waals surface area contributed by atoms with Gasteiger partial charge in [-0.1, -0.05) is 6.92 Å². The van der Waals surface area contributed by atoms with Crippen molar-refractivity contribution in [2.24, 2.45) is 0 Å². The predicted molar refractivity (Wildman–Crippen MR) is 60.6 cm³/mol. The Bertz CT molecular complexity index is 533. The summed E-state index contributed by atoms with van der Waals surface area (Å²) in [7, 11) is 0. The molecule has 0 saturated heterocycles. The zero-order valence-electron chi connectivity index (χ0n) is 9.60. The second kappa shape index (κ2) is 3.66. The Hall–Kier alpha value is -1.78. The first kappa shape index (κ1) is 10.7. The molecule has 0 aliphatic rings. The average Bonchev–Trinajstić information content (AvgIpc) is 2.55. The van der Waals surface area contributed by atoms with Crippen molar-refractivity contribution in [2.45, 2.75) is 33.2 Å². The molecular formula is C11H15N3O2. The minimum atomic E-state index is -0.184. The summed E-state index contributed by atoms with van der Waals surface area (Å²) < 4.78 is 1.76. The van der Waals surface area contributed by atoms with Crippen molar-refractivity contribution in [3.63, 3.8) is 0 Å². The van der Waals surface area contributed by atoms with Gasteiger partial charge in [-0.3, -0.25) is 4.68 Å². The standard InChI is InChI=1S/C11H15N3O2/c1-4-6(2)14-11-8(15)5-9(16)12-10(11)7(3)13-14/h5-6H,4H2,1-3H3,(H2,12,15,16). The highest BCUT2D eigenvalue weighted by Gasteiger charge is 2.17. The minimum Gasteiger partial charge on any atom is -0.505 e. The molecule has 0 aliphatic heterocycles. The molecule has 2 aromatic heterocycles. The van der Waals surface area contributed by atoms with E-state index in [1.165, 1.54) is 6.07 Å². The Kier molecular flexibility index (Phi) is 2.46. The number of aryl methyl sites for hydroxylation is 1. The number of aromatic hydroxyl groups is 2. The molecular weight excluding hydrogens is 206 g/mol. The van der Waals surface area contributed by atoms with Crippen LogP contribution in [0.3, 0.4) is 0 Å². The summed E-state index contributed by atoms with van der Waals surface area (Å²) in [5.74, 6) is -0.166. The summed E-state index contributed by atoms with van der Waals surface area (Å²) >= 11 is 0. The molecule has 0 radical (unpaired) electrons. The minimum absolute atomic E-state index is 0.0170. The van der Waals surface area contributed by atoms with Crippen LogP contribution < -0.4 is 0 Å². The Morgan fingerprint density at radius 1 is 1.44 bits per heavy atom. The summed E-state index contributed by atoms with van der Waals surface area (Å²) in [6.07, 6.45) is 0.913. The zero-order chi connectivity index (χ0) is 11.9. The number of hydrogen-bond donors (Lipinski definition) is 2. The smallest absolute Gasteiger partial charge is 0.215 e. The van der Waals surface area contributed by atoms with Gasteiger partial charge in [-0.05, 0) is 20.3 Å². The van der Waals surface area contributed by atoms with E-state index >= 15 is 0 Å². The molecule has 0 amide bonds. The highest BCUT2D eigenvalue weighted by Crippen LogP contribution is 2.31. The summed E-state index contributed by atoms with van der Waals surface area (Å²) in [5, 5.41) is 23.5. The third-order valence-corrected chi connectivity index (χ3v) is 2.80. The van der Waals surface area contributed by atoms with Crippen LogP contribution in [0.1, 0.15) is 32.0 Å². The summed E-state index contributed by atoms with van der Waals surface area (Å²) in [4.78, 5) is 3.99. The van der Waals surface area contributed by atoms with E-state index in [2.05, 4.69) is 17.0 Å². The van der Waals surface area contributed by atoms with E-state index in [9.17, 15) is 10.2 Å². The van der Waals surface area contributed by atoms with Crippen molar-refractivity contribution < 1.29 is 10.2 Å². The molecule has 2 aromatic rings. The van der Waals surface area contributed by atoms with Crippen molar-refractivity contribution in [1.82, 2.24) is 14.8 Å². The molecule has 0 aromatic carbocycles. The lowest BCUT2D eigenvalue weighted by Gasteiger charge is -2.11. The molecule has 2 heterocycles. The first-order valence-electron chi connectivity index (χ1n) is 5.32. The summed E-state index contributed by atoms with van der Waals surface area (Å²) in [5.41, 5.74) is 1.85. The number of rotatable bonds is 2. The van der Waals surface area contributed by atoms with Crippen LogP contribution in [-0.2, 0) is 0 Å². The quantitative estimate of drug-likeness (QED) is 0.814. The van der Waals surface area contributed by atoms with Crippen LogP contribution in [-0.4, -0.2) is 25.0 Å². The SMILES string of the molecule is CCC(C)n1nc(C)c2nc(O)cc(O)c21. The molecule has 0 aliphatic carbocycles. The Balaban J connectivity index is 2.78. The van der Waals surface area contributed by atoms with Gasteiger partial charge in [0.2, 0.25) is 5.88 Å². The van der Waals surface area contributed by atoms with Gasteiger partial charge >= 0.3 is 0 Å². The average molecular weight is 221 g/mol. The Labute approximate surface area is 93.4 Å². The summed E-state index contributed by atoms with van der Waals surface area (Å²) in [6, 6.07) is 1.43. The molecule has 16 heavy (non-hydrogen) atoms. The third-order valence-electron chi connectivity index (χ3n) is 2.80. The van der Waals surface area contributed by atoms with E-state index in [4.69, 9.17) is 0 Å². The van der Waals surface area contributed by atoms with Crippen molar-refractivity contribution >= 4 is 11.0 Å².